The molecule has 2 N–H and O–H groups in total. The van der Waals surface area contributed by atoms with Crippen molar-refractivity contribution in [1.82, 2.24) is 10.2 Å². The molecule has 3 heteroatoms. The second-order valence-corrected chi connectivity index (χ2v) is 3.89. The summed E-state index contributed by atoms with van der Waals surface area (Å²) < 4.78 is 0. The Kier molecular flexibility index (Phi) is 5.35. The van der Waals surface area contributed by atoms with Gasteiger partial charge in [0.05, 0.1) is 6.61 Å². The van der Waals surface area contributed by atoms with Crippen molar-refractivity contribution in [2.45, 2.75) is 31.7 Å². The molecule has 78 valence electrons. The minimum atomic E-state index is 0.251. The molecule has 1 heterocycles. The molecule has 1 saturated heterocycles. The van der Waals surface area contributed by atoms with Gasteiger partial charge in [0, 0.05) is 12.6 Å². The number of hydrogen-bond donors (Lipinski definition) is 2. The lowest BCUT2D eigenvalue weighted by atomic mass is 10.0. The van der Waals surface area contributed by atoms with Gasteiger partial charge in [-0.05, 0) is 39.4 Å². The van der Waals surface area contributed by atoms with Crippen LogP contribution in [0.5, 0.6) is 0 Å². The average Bonchev–Trinajstić information content (AvgIpc) is 2.15. The van der Waals surface area contributed by atoms with Crippen molar-refractivity contribution in [2.75, 3.05) is 33.3 Å². The maximum absolute atomic E-state index is 8.58. The first kappa shape index (κ1) is 11.0. The van der Waals surface area contributed by atoms with Gasteiger partial charge in [-0.3, -0.25) is 0 Å². The molecule has 1 rings (SSSR count). The van der Waals surface area contributed by atoms with Crippen molar-refractivity contribution in [3.05, 3.63) is 0 Å². The molecule has 13 heavy (non-hydrogen) atoms. The third kappa shape index (κ3) is 4.07. The molecule has 0 aliphatic carbocycles. The first-order valence-electron chi connectivity index (χ1n) is 5.36. The molecule has 0 aromatic rings. The number of piperidine rings is 1. The van der Waals surface area contributed by atoms with Crippen molar-refractivity contribution < 1.29 is 5.11 Å². The summed E-state index contributed by atoms with van der Waals surface area (Å²) in [6.07, 6.45) is 5.31. The highest BCUT2D eigenvalue weighted by molar-refractivity contribution is 4.74. The molecule has 0 saturated carbocycles. The fourth-order valence-electron chi connectivity index (χ4n) is 1.98. The summed E-state index contributed by atoms with van der Waals surface area (Å²) in [6, 6.07) is 0.764. The Balaban J connectivity index is 2.05. The van der Waals surface area contributed by atoms with E-state index in [1.807, 2.05) is 0 Å². The molecule has 1 aliphatic heterocycles. The van der Waals surface area contributed by atoms with E-state index in [9.17, 15) is 0 Å². The van der Waals surface area contributed by atoms with Crippen LogP contribution in [0.15, 0.2) is 0 Å². The van der Waals surface area contributed by atoms with E-state index in [0.717, 1.165) is 19.1 Å². The minimum absolute atomic E-state index is 0.251. The number of nitrogens with zero attached hydrogens (tertiary/aromatic N) is 1. The van der Waals surface area contributed by atoms with E-state index in [4.69, 9.17) is 5.11 Å². The highest BCUT2D eigenvalue weighted by atomic mass is 16.3. The number of nitrogens with one attached hydrogen (secondary N) is 1. The van der Waals surface area contributed by atoms with Crippen LogP contribution < -0.4 is 5.32 Å². The molecule has 1 fully saturated rings. The predicted molar refractivity (Wildman–Crippen MR) is 54.8 cm³/mol. The Labute approximate surface area is 81.1 Å². The van der Waals surface area contributed by atoms with Crippen LogP contribution in [0.25, 0.3) is 0 Å². The Morgan fingerprint density at radius 2 is 2.23 bits per heavy atom. The van der Waals surface area contributed by atoms with Crippen LogP contribution in [0.3, 0.4) is 0 Å². The summed E-state index contributed by atoms with van der Waals surface area (Å²) in [6.45, 7) is 3.27. The highest BCUT2D eigenvalue weighted by Crippen LogP contribution is 2.16. The van der Waals surface area contributed by atoms with Crippen LogP contribution in [0, 0.1) is 0 Å². The topological polar surface area (TPSA) is 35.5 Å². The summed E-state index contributed by atoms with van der Waals surface area (Å²) in [4.78, 5) is 2.46. The summed E-state index contributed by atoms with van der Waals surface area (Å²) in [7, 11) is 2.22. The fourth-order valence-corrected chi connectivity index (χ4v) is 1.98. The van der Waals surface area contributed by atoms with Crippen molar-refractivity contribution >= 4 is 0 Å². The van der Waals surface area contributed by atoms with E-state index in [2.05, 4.69) is 17.3 Å². The zero-order valence-electron chi connectivity index (χ0n) is 8.63. The van der Waals surface area contributed by atoms with E-state index >= 15 is 0 Å². The number of rotatable bonds is 5. The van der Waals surface area contributed by atoms with Gasteiger partial charge in [0.2, 0.25) is 0 Å². The van der Waals surface area contributed by atoms with Crippen molar-refractivity contribution in [3.63, 3.8) is 0 Å². The molecule has 3 nitrogen and oxygen atoms in total. The summed E-state index contributed by atoms with van der Waals surface area (Å²) in [5.74, 6) is 0. The van der Waals surface area contributed by atoms with Gasteiger partial charge in [-0.25, -0.2) is 0 Å². The van der Waals surface area contributed by atoms with E-state index in [0.29, 0.717) is 0 Å². The lowest BCUT2D eigenvalue weighted by Crippen LogP contribution is -2.38. The second kappa shape index (κ2) is 6.35. The smallest absolute Gasteiger partial charge is 0.0555 e. The van der Waals surface area contributed by atoms with Gasteiger partial charge in [0.25, 0.3) is 0 Å². The molecular weight excluding hydrogens is 164 g/mol. The number of likely N-dealkylation sites (tertiary alicyclic amines) is 1. The molecule has 0 radical (unpaired) electrons. The van der Waals surface area contributed by atoms with Crippen LogP contribution in [0.1, 0.15) is 25.7 Å². The minimum Gasteiger partial charge on any atom is -0.395 e. The Morgan fingerprint density at radius 3 is 2.92 bits per heavy atom. The van der Waals surface area contributed by atoms with Gasteiger partial charge in [0.15, 0.2) is 0 Å². The SMILES string of the molecule is CN1CCCCC1CCNCCO. The van der Waals surface area contributed by atoms with Crippen LogP contribution in [-0.2, 0) is 0 Å². The Hall–Kier alpha value is -0.120. The lowest BCUT2D eigenvalue weighted by molar-refractivity contribution is 0.174. The number of hydrogen-bond acceptors (Lipinski definition) is 3. The first-order chi connectivity index (χ1) is 6.34. The summed E-state index contributed by atoms with van der Waals surface area (Å²) in [5, 5.41) is 11.8. The van der Waals surface area contributed by atoms with E-state index < -0.39 is 0 Å². The van der Waals surface area contributed by atoms with Gasteiger partial charge in [0.1, 0.15) is 0 Å². The predicted octanol–water partition coefficient (Wildman–Crippen LogP) is 0.443. The number of aliphatic hydroxyl groups is 1. The van der Waals surface area contributed by atoms with Crippen molar-refractivity contribution in [1.29, 1.82) is 0 Å². The largest absolute Gasteiger partial charge is 0.395 e. The zero-order chi connectivity index (χ0) is 9.52. The van der Waals surface area contributed by atoms with E-state index in [1.54, 1.807) is 0 Å². The Bertz CT molecular complexity index is 130. The third-order valence-corrected chi connectivity index (χ3v) is 2.86. The highest BCUT2D eigenvalue weighted by Gasteiger charge is 2.17. The molecule has 0 bridgehead atoms. The van der Waals surface area contributed by atoms with E-state index in [1.165, 1.54) is 32.2 Å². The molecular formula is C10H22N2O. The van der Waals surface area contributed by atoms with Gasteiger partial charge in [-0.1, -0.05) is 6.42 Å². The summed E-state index contributed by atoms with van der Waals surface area (Å²) in [5.41, 5.74) is 0. The maximum atomic E-state index is 8.58. The van der Waals surface area contributed by atoms with Gasteiger partial charge in [-0.2, -0.15) is 0 Å². The third-order valence-electron chi connectivity index (χ3n) is 2.86. The lowest BCUT2D eigenvalue weighted by Gasteiger charge is -2.32. The monoisotopic (exact) mass is 186 g/mol. The fraction of sp³-hybridized carbons (Fsp3) is 1.00. The van der Waals surface area contributed by atoms with Gasteiger partial charge < -0.3 is 15.3 Å². The van der Waals surface area contributed by atoms with Crippen LogP contribution in [-0.4, -0.2) is 49.3 Å². The molecule has 1 atom stereocenters. The quantitative estimate of drug-likeness (QED) is 0.612. The normalized spacial score (nSPS) is 24.9. The van der Waals surface area contributed by atoms with Crippen LogP contribution in [0.4, 0.5) is 0 Å². The molecule has 0 amide bonds. The molecule has 0 aromatic carbocycles. The molecule has 0 spiro atoms. The zero-order valence-corrected chi connectivity index (χ0v) is 8.63. The Morgan fingerprint density at radius 1 is 1.38 bits per heavy atom. The van der Waals surface area contributed by atoms with Crippen LogP contribution >= 0.6 is 0 Å². The molecule has 0 aromatic heterocycles. The summed E-state index contributed by atoms with van der Waals surface area (Å²) >= 11 is 0. The second-order valence-electron chi connectivity index (χ2n) is 3.89. The van der Waals surface area contributed by atoms with E-state index in [-0.39, 0.29) is 6.61 Å². The molecule has 1 aliphatic rings. The molecule has 1 unspecified atom stereocenters. The maximum Gasteiger partial charge on any atom is 0.0555 e. The van der Waals surface area contributed by atoms with Gasteiger partial charge in [-0.15, -0.1) is 0 Å². The van der Waals surface area contributed by atoms with Crippen LogP contribution in [0.2, 0.25) is 0 Å². The standard InChI is InChI=1S/C10H22N2O/c1-12-8-3-2-4-10(12)5-6-11-7-9-13/h10-11,13H,2-9H2,1H3. The van der Waals surface area contributed by atoms with Gasteiger partial charge >= 0.3 is 0 Å². The first-order valence-corrected chi connectivity index (χ1v) is 5.36. The average molecular weight is 186 g/mol. The van der Waals surface area contributed by atoms with Crippen molar-refractivity contribution in [2.24, 2.45) is 0 Å². The van der Waals surface area contributed by atoms with Crippen molar-refractivity contribution in [3.8, 4) is 0 Å². The number of aliphatic hydroxyl groups excluding tert-OH is 1.